The van der Waals surface area contributed by atoms with Crippen molar-refractivity contribution in [3.8, 4) is 5.75 Å². The van der Waals surface area contributed by atoms with Crippen LogP contribution in [0.1, 0.15) is 45.2 Å². The van der Waals surface area contributed by atoms with Crippen molar-refractivity contribution in [3.05, 3.63) is 41.0 Å². The molecule has 0 fully saturated rings. The number of benzene rings is 1. The molecule has 1 N–H and O–H groups in total. The van der Waals surface area contributed by atoms with E-state index >= 15 is 0 Å². The van der Waals surface area contributed by atoms with Gasteiger partial charge in [-0.15, -0.1) is 0 Å². The van der Waals surface area contributed by atoms with Crippen molar-refractivity contribution in [2.45, 2.75) is 46.0 Å². The Morgan fingerprint density at radius 3 is 2.65 bits per heavy atom. The van der Waals surface area contributed by atoms with Crippen molar-refractivity contribution >= 4 is 0 Å². The first kappa shape index (κ1) is 15.1. The summed E-state index contributed by atoms with van der Waals surface area (Å²) in [6.07, 6.45) is 4.42. The van der Waals surface area contributed by atoms with Crippen LogP contribution in [0.3, 0.4) is 0 Å². The number of rotatable bonds is 4. The highest BCUT2D eigenvalue weighted by atomic mass is 16.5. The molecule has 0 aromatic heterocycles. The fourth-order valence-electron chi connectivity index (χ4n) is 2.48. The first-order valence-corrected chi connectivity index (χ1v) is 7.65. The van der Waals surface area contributed by atoms with Crippen LogP contribution in [0.25, 0.3) is 0 Å². The molecular formula is C18H27NO. The van der Waals surface area contributed by atoms with Gasteiger partial charge in [0.25, 0.3) is 0 Å². The van der Waals surface area contributed by atoms with Crippen molar-refractivity contribution in [3.63, 3.8) is 0 Å². The zero-order chi connectivity index (χ0) is 14.6. The number of hydrogen-bond acceptors (Lipinski definition) is 2. The second kappa shape index (κ2) is 6.45. The highest BCUT2D eigenvalue weighted by Gasteiger charge is 2.19. The molecule has 0 radical (unpaired) electrons. The zero-order valence-corrected chi connectivity index (χ0v) is 13.3. The second-order valence-electron chi connectivity index (χ2n) is 6.54. The molecule has 2 rings (SSSR count). The second-order valence-corrected chi connectivity index (χ2v) is 6.54. The minimum absolute atomic E-state index is 0.114. The zero-order valence-electron chi connectivity index (χ0n) is 13.3. The molecule has 0 saturated heterocycles. The third-order valence-corrected chi connectivity index (χ3v) is 3.83. The highest BCUT2D eigenvalue weighted by Crippen LogP contribution is 2.32. The SMILES string of the molecule is CCc1ccc(OCC2=CCNCC2)c(C(C)(C)C)c1. The number of ether oxygens (including phenoxy) is 1. The maximum atomic E-state index is 6.11. The minimum Gasteiger partial charge on any atom is -0.489 e. The largest absolute Gasteiger partial charge is 0.489 e. The highest BCUT2D eigenvalue weighted by molar-refractivity contribution is 5.42. The van der Waals surface area contributed by atoms with Gasteiger partial charge in [-0.05, 0) is 47.6 Å². The summed E-state index contributed by atoms with van der Waals surface area (Å²) in [5.41, 5.74) is 4.21. The van der Waals surface area contributed by atoms with Crippen molar-refractivity contribution in [1.82, 2.24) is 5.32 Å². The molecule has 0 saturated carbocycles. The van der Waals surface area contributed by atoms with E-state index in [0.29, 0.717) is 0 Å². The van der Waals surface area contributed by atoms with E-state index in [0.717, 1.165) is 38.3 Å². The average Bonchev–Trinajstić information content (AvgIpc) is 2.45. The lowest BCUT2D eigenvalue weighted by atomic mass is 9.85. The molecular weight excluding hydrogens is 246 g/mol. The van der Waals surface area contributed by atoms with E-state index in [-0.39, 0.29) is 5.41 Å². The third kappa shape index (κ3) is 3.86. The van der Waals surface area contributed by atoms with E-state index in [1.807, 2.05) is 0 Å². The van der Waals surface area contributed by atoms with Crippen LogP contribution in [0.15, 0.2) is 29.8 Å². The Morgan fingerprint density at radius 2 is 2.05 bits per heavy atom. The molecule has 2 heteroatoms. The Morgan fingerprint density at radius 1 is 1.25 bits per heavy atom. The van der Waals surface area contributed by atoms with Gasteiger partial charge in [0.15, 0.2) is 0 Å². The Hall–Kier alpha value is -1.28. The quantitative estimate of drug-likeness (QED) is 0.841. The lowest BCUT2D eigenvalue weighted by Crippen LogP contribution is -2.23. The molecule has 110 valence electrons. The topological polar surface area (TPSA) is 21.3 Å². The molecule has 20 heavy (non-hydrogen) atoms. The van der Waals surface area contributed by atoms with Crippen LogP contribution >= 0.6 is 0 Å². The number of hydrogen-bond donors (Lipinski definition) is 1. The Bertz CT molecular complexity index is 483. The van der Waals surface area contributed by atoms with Crippen LogP contribution < -0.4 is 10.1 Å². The predicted molar refractivity (Wildman–Crippen MR) is 85.6 cm³/mol. The summed E-state index contributed by atoms with van der Waals surface area (Å²) in [7, 11) is 0. The maximum absolute atomic E-state index is 6.11. The summed E-state index contributed by atoms with van der Waals surface area (Å²) in [5, 5.41) is 3.33. The number of aryl methyl sites for hydroxylation is 1. The summed E-state index contributed by atoms with van der Waals surface area (Å²) in [6, 6.07) is 6.62. The van der Waals surface area contributed by atoms with Gasteiger partial charge in [0.05, 0.1) is 0 Å². The fourth-order valence-corrected chi connectivity index (χ4v) is 2.48. The molecule has 0 spiro atoms. The normalized spacial score (nSPS) is 15.9. The van der Waals surface area contributed by atoms with Gasteiger partial charge in [-0.1, -0.05) is 45.9 Å². The van der Waals surface area contributed by atoms with E-state index in [9.17, 15) is 0 Å². The van der Waals surface area contributed by atoms with Gasteiger partial charge in [0.1, 0.15) is 12.4 Å². The van der Waals surface area contributed by atoms with E-state index < -0.39 is 0 Å². The lowest BCUT2D eigenvalue weighted by Gasteiger charge is -2.24. The molecule has 1 heterocycles. The van der Waals surface area contributed by atoms with Gasteiger partial charge in [0.2, 0.25) is 0 Å². The standard InChI is InChI=1S/C18H27NO/c1-5-14-6-7-17(16(12-14)18(2,3)4)20-13-15-8-10-19-11-9-15/h6-8,12,19H,5,9-11,13H2,1-4H3. The van der Waals surface area contributed by atoms with Crippen LogP contribution in [-0.2, 0) is 11.8 Å². The average molecular weight is 273 g/mol. The Labute approximate surface area is 123 Å². The van der Waals surface area contributed by atoms with Gasteiger partial charge in [-0.2, -0.15) is 0 Å². The van der Waals surface area contributed by atoms with Crippen molar-refractivity contribution < 1.29 is 4.74 Å². The van der Waals surface area contributed by atoms with E-state index in [1.54, 1.807) is 0 Å². The minimum atomic E-state index is 0.114. The van der Waals surface area contributed by atoms with Crippen LogP contribution in [0.2, 0.25) is 0 Å². The van der Waals surface area contributed by atoms with Crippen LogP contribution in [0.4, 0.5) is 0 Å². The van der Waals surface area contributed by atoms with Crippen LogP contribution in [0.5, 0.6) is 5.75 Å². The van der Waals surface area contributed by atoms with Gasteiger partial charge >= 0.3 is 0 Å². The summed E-state index contributed by atoms with van der Waals surface area (Å²) in [6.45, 7) is 11.7. The van der Waals surface area contributed by atoms with Crippen LogP contribution in [0, 0.1) is 0 Å². The van der Waals surface area contributed by atoms with E-state index in [4.69, 9.17) is 4.74 Å². The van der Waals surface area contributed by atoms with Gasteiger partial charge in [0, 0.05) is 6.54 Å². The van der Waals surface area contributed by atoms with Gasteiger partial charge in [-0.3, -0.25) is 0 Å². The molecule has 0 atom stereocenters. The fraction of sp³-hybridized carbons (Fsp3) is 0.556. The Balaban J connectivity index is 2.15. The maximum Gasteiger partial charge on any atom is 0.123 e. The molecule has 0 amide bonds. The molecule has 0 aliphatic carbocycles. The molecule has 0 unspecified atom stereocenters. The molecule has 2 nitrogen and oxygen atoms in total. The summed E-state index contributed by atoms with van der Waals surface area (Å²) < 4.78 is 6.11. The van der Waals surface area contributed by atoms with Crippen molar-refractivity contribution in [2.24, 2.45) is 0 Å². The smallest absolute Gasteiger partial charge is 0.123 e. The lowest BCUT2D eigenvalue weighted by molar-refractivity contribution is 0.334. The summed E-state index contributed by atoms with van der Waals surface area (Å²) >= 11 is 0. The molecule has 1 aromatic carbocycles. The summed E-state index contributed by atoms with van der Waals surface area (Å²) in [5.74, 6) is 1.04. The van der Waals surface area contributed by atoms with E-state index in [1.165, 1.54) is 16.7 Å². The third-order valence-electron chi connectivity index (χ3n) is 3.83. The van der Waals surface area contributed by atoms with E-state index in [2.05, 4.69) is 57.3 Å². The molecule has 1 aliphatic heterocycles. The monoisotopic (exact) mass is 273 g/mol. The first-order valence-electron chi connectivity index (χ1n) is 7.65. The molecule has 1 aromatic rings. The van der Waals surface area contributed by atoms with Crippen LogP contribution in [-0.4, -0.2) is 19.7 Å². The number of nitrogens with one attached hydrogen (secondary N) is 1. The summed E-state index contributed by atoms with van der Waals surface area (Å²) in [4.78, 5) is 0. The van der Waals surface area contributed by atoms with Crippen molar-refractivity contribution in [2.75, 3.05) is 19.7 Å². The first-order chi connectivity index (χ1) is 9.50. The van der Waals surface area contributed by atoms with Gasteiger partial charge in [-0.25, -0.2) is 0 Å². The van der Waals surface area contributed by atoms with Crippen molar-refractivity contribution in [1.29, 1.82) is 0 Å². The Kier molecular flexibility index (Phi) is 4.87. The van der Waals surface area contributed by atoms with Gasteiger partial charge < -0.3 is 10.1 Å². The molecule has 0 bridgehead atoms. The molecule has 1 aliphatic rings. The predicted octanol–water partition coefficient (Wildman–Crippen LogP) is 3.85.